The largest absolute Gasteiger partial charge is 0.373 e. The topological polar surface area (TPSA) is 112 Å². The van der Waals surface area contributed by atoms with E-state index in [0.717, 1.165) is 10.9 Å². The van der Waals surface area contributed by atoms with Crippen LogP contribution in [-0.2, 0) is 15.1 Å². The van der Waals surface area contributed by atoms with Gasteiger partial charge in [-0.15, -0.1) is 0 Å². The fraction of sp³-hybridized carbons (Fsp3) is 0.333. The van der Waals surface area contributed by atoms with Crippen molar-refractivity contribution in [2.45, 2.75) is 32.3 Å². The summed E-state index contributed by atoms with van der Waals surface area (Å²) in [5.74, 6) is 0.988. The zero-order chi connectivity index (χ0) is 27.4. The second-order valence-corrected chi connectivity index (χ2v) is 9.92. The third-order valence-electron chi connectivity index (χ3n) is 7.43. The summed E-state index contributed by atoms with van der Waals surface area (Å²) in [7, 11) is 1.76. The Morgan fingerprint density at radius 3 is 2.44 bits per heavy atom. The molecule has 2 aromatic heterocycles. The number of benzene rings is 2. The molecule has 1 aliphatic rings. The molecule has 0 unspecified atom stereocenters. The fourth-order valence-corrected chi connectivity index (χ4v) is 5.30. The molecule has 3 N–H and O–H groups in total. The van der Waals surface area contributed by atoms with Gasteiger partial charge in [-0.3, -0.25) is 9.59 Å². The molecule has 5 rings (SSSR count). The fourth-order valence-electron chi connectivity index (χ4n) is 5.30. The van der Waals surface area contributed by atoms with Crippen molar-refractivity contribution in [2.75, 3.05) is 38.6 Å². The van der Waals surface area contributed by atoms with Crippen LogP contribution in [0, 0.1) is 6.92 Å². The SMILES string of the molecule is COC1(c2ccccc2C)CCN(C(=O)c2cc3c(NCCNC(C)=O)nc(-c4ccccc4)nc3[nH]2)CC1. The highest BCUT2D eigenvalue weighted by atomic mass is 16.5. The van der Waals surface area contributed by atoms with Gasteiger partial charge in [0, 0.05) is 45.8 Å². The Labute approximate surface area is 228 Å². The number of hydrogen-bond acceptors (Lipinski definition) is 6. The molecule has 2 amide bonds. The van der Waals surface area contributed by atoms with E-state index in [0.29, 0.717) is 62.0 Å². The van der Waals surface area contributed by atoms with E-state index in [2.05, 4.69) is 34.7 Å². The average molecular weight is 527 g/mol. The van der Waals surface area contributed by atoms with Crippen molar-refractivity contribution in [3.8, 4) is 11.4 Å². The molecule has 2 aromatic carbocycles. The number of amides is 2. The molecule has 0 radical (unpaired) electrons. The van der Waals surface area contributed by atoms with Crippen molar-refractivity contribution in [2.24, 2.45) is 0 Å². The summed E-state index contributed by atoms with van der Waals surface area (Å²) < 4.78 is 6.06. The predicted octanol–water partition coefficient (Wildman–Crippen LogP) is 4.26. The van der Waals surface area contributed by atoms with Crippen molar-refractivity contribution < 1.29 is 14.3 Å². The Hall–Kier alpha value is -4.24. The third kappa shape index (κ3) is 5.49. The summed E-state index contributed by atoms with van der Waals surface area (Å²) in [6.07, 6.45) is 1.43. The van der Waals surface area contributed by atoms with Gasteiger partial charge in [-0.2, -0.15) is 0 Å². The van der Waals surface area contributed by atoms with Crippen LogP contribution >= 0.6 is 0 Å². The molecule has 9 heteroatoms. The number of methoxy groups -OCH3 is 1. The number of anilines is 1. The number of likely N-dealkylation sites (tertiary alicyclic amines) is 1. The van der Waals surface area contributed by atoms with Gasteiger partial charge >= 0.3 is 0 Å². The quantitative estimate of drug-likeness (QED) is 0.296. The maximum atomic E-state index is 13.6. The minimum absolute atomic E-state index is 0.0760. The number of aromatic nitrogens is 3. The van der Waals surface area contributed by atoms with Crippen LogP contribution in [0.25, 0.3) is 22.4 Å². The number of nitrogens with zero attached hydrogens (tertiary/aromatic N) is 3. The van der Waals surface area contributed by atoms with Gasteiger partial charge in [-0.05, 0) is 37.0 Å². The molecule has 0 spiro atoms. The van der Waals surface area contributed by atoms with Crippen LogP contribution in [-0.4, -0.2) is 65.0 Å². The van der Waals surface area contributed by atoms with E-state index in [1.807, 2.05) is 53.4 Å². The molecule has 1 aliphatic heterocycles. The molecule has 0 atom stereocenters. The van der Waals surface area contributed by atoms with E-state index in [-0.39, 0.29) is 11.8 Å². The maximum absolute atomic E-state index is 13.6. The molecular weight excluding hydrogens is 492 g/mol. The standard InChI is InChI=1S/C30H34N6O3/c1-20-9-7-8-12-24(20)30(39-3)13-17-36(18-14-30)29(38)25-19-23-27(32-16-15-31-21(2)37)34-26(35-28(23)33-25)22-10-5-4-6-11-22/h4-12,19H,13-18H2,1-3H3,(H,31,37)(H2,32,33,34,35). The summed E-state index contributed by atoms with van der Waals surface area (Å²) in [5.41, 5.74) is 3.90. The predicted molar refractivity (Wildman–Crippen MR) is 152 cm³/mol. The zero-order valence-corrected chi connectivity index (χ0v) is 22.6. The van der Waals surface area contributed by atoms with E-state index in [1.165, 1.54) is 18.1 Å². The second kappa shape index (κ2) is 11.2. The highest BCUT2D eigenvalue weighted by Crippen LogP contribution is 2.38. The van der Waals surface area contributed by atoms with Crippen molar-refractivity contribution in [3.63, 3.8) is 0 Å². The molecular formula is C30H34N6O3. The molecule has 1 saturated heterocycles. The number of hydrogen-bond donors (Lipinski definition) is 3. The van der Waals surface area contributed by atoms with Gasteiger partial charge in [0.1, 0.15) is 17.2 Å². The smallest absolute Gasteiger partial charge is 0.270 e. The number of piperidine rings is 1. The van der Waals surface area contributed by atoms with E-state index in [4.69, 9.17) is 14.7 Å². The number of carbonyl (C=O) groups excluding carboxylic acids is 2. The van der Waals surface area contributed by atoms with Crippen LogP contribution in [0.5, 0.6) is 0 Å². The molecule has 4 aromatic rings. The first kappa shape index (κ1) is 26.4. The van der Waals surface area contributed by atoms with Gasteiger partial charge < -0.3 is 25.3 Å². The number of rotatable bonds is 8. The van der Waals surface area contributed by atoms with Crippen molar-refractivity contribution in [1.29, 1.82) is 0 Å². The first-order chi connectivity index (χ1) is 18.9. The Bertz CT molecular complexity index is 1470. The summed E-state index contributed by atoms with van der Waals surface area (Å²) in [4.78, 5) is 39.5. The van der Waals surface area contributed by atoms with Gasteiger partial charge in [0.25, 0.3) is 5.91 Å². The van der Waals surface area contributed by atoms with Crippen LogP contribution in [0.1, 0.15) is 41.4 Å². The van der Waals surface area contributed by atoms with E-state index < -0.39 is 5.60 Å². The van der Waals surface area contributed by atoms with Crippen LogP contribution in [0.15, 0.2) is 60.7 Å². The third-order valence-corrected chi connectivity index (χ3v) is 7.43. The number of ether oxygens (including phenoxy) is 1. The Balaban J connectivity index is 1.39. The van der Waals surface area contributed by atoms with E-state index >= 15 is 0 Å². The number of fused-ring (bicyclic) bond motifs is 1. The number of aryl methyl sites for hydroxylation is 1. The van der Waals surface area contributed by atoms with Crippen molar-refractivity contribution in [3.05, 3.63) is 77.5 Å². The van der Waals surface area contributed by atoms with Gasteiger partial charge in [0.2, 0.25) is 5.91 Å². The van der Waals surface area contributed by atoms with Crippen LogP contribution in [0.3, 0.4) is 0 Å². The lowest BCUT2D eigenvalue weighted by atomic mass is 9.82. The van der Waals surface area contributed by atoms with Gasteiger partial charge in [0.15, 0.2) is 5.82 Å². The molecule has 202 valence electrons. The minimum Gasteiger partial charge on any atom is -0.373 e. The normalized spacial score (nSPS) is 14.8. The molecule has 0 bridgehead atoms. The van der Waals surface area contributed by atoms with Crippen molar-refractivity contribution >= 4 is 28.7 Å². The highest BCUT2D eigenvalue weighted by Gasteiger charge is 2.38. The summed E-state index contributed by atoms with van der Waals surface area (Å²) in [6, 6.07) is 19.8. The maximum Gasteiger partial charge on any atom is 0.270 e. The number of nitrogens with one attached hydrogen (secondary N) is 3. The number of H-pyrrole nitrogens is 1. The lowest BCUT2D eigenvalue weighted by Crippen LogP contribution is -2.46. The molecule has 9 nitrogen and oxygen atoms in total. The Morgan fingerprint density at radius 2 is 1.74 bits per heavy atom. The molecule has 0 aliphatic carbocycles. The Morgan fingerprint density at radius 1 is 1.03 bits per heavy atom. The molecule has 3 heterocycles. The molecule has 1 fully saturated rings. The molecule has 39 heavy (non-hydrogen) atoms. The van der Waals surface area contributed by atoms with Crippen LogP contribution in [0.4, 0.5) is 5.82 Å². The second-order valence-electron chi connectivity index (χ2n) is 9.92. The van der Waals surface area contributed by atoms with Gasteiger partial charge in [-0.1, -0.05) is 54.6 Å². The number of carbonyl (C=O) groups is 2. The first-order valence-corrected chi connectivity index (χ1v) is 13.3. The monoisotopic (exact) mass is 526 g/mol. The lowest BCUT2D eigenvalue weighted by Gasteiger charge is -2.41. The van der Waals surface area contributed by atoms with Gasteiger partial charge in [0.05, 0.1) is 11.0 Å². The van der Waals surface area contributed by atoms with Gasteiger partial charge in [-0.25, -0.2) is 9.97 Å². The first-order valence-electron chi connectivity index (χ1n) is 13.3. The summed E-state index contributed by atoms with van der Waals surface area (Å²) in [5, 5.41) is 6.80. The highest BCUT2D eigenvalue weighted by molar-refractivity contribution is 6.00. The summed E-state index contributed by atoms with van der Waals surface area (Å²) in [6.45, 7) is 5.69. The van der Waals surface area contributed by atoms with E-state index in [1.54, 1.807) is 7.11 Å². The Kier molecular flexibility index (Phi) is 7.60. The lowest BCUT2D eigenvalue weighted by molar-refractivity contribution is -0.118. The summed E-state index contributed by atoms with van der Waals surface area (Å²) >= 11 is 0. The number of aromatic amines is 1. The zero-order valence-electron chi connectivity index (χ0n) is 22.6. The minimum atomic E-state index is -0.399. The van der Waals surface area contributed by atoms with Crippen molar-refractivity contribution in [1.82, 2.24) is 25.2 Å². The van der Waals surface area contributed by atoms with Crippen LogP contribution < -0.4 is 10.6 Å². The average Bonchev–Trinajstić information content (AvgIpc) is 3.40. The molecule has 0 saturated carbocycles. The van der Waals surface area contributed by atoms with E-state index in [9.17, 15) is 9.59 Å². The van der Waals surface area contributed by atoms with Crippen LogP contribution in [0.2, 0.25) is 0 Å².